The van der Waals surface area contributed by atoms with Gasteiger partial charge in [0.25, 0.3) is 0 Å². The predicted molar refractivity (Wildman–Crippen MR) is 121 cm³/mol. The van der Waals surface area contributed by atoms with Crippen molar-refractivity contribution in [2.24, 2.45) is 22.9 Å². The standard InChI is InChI=1S/C21H40FN5O9/c1-27-15-17(31)19-10(33-21(15)34-12-4-9(29)14(26)11(5-28)32-12)3-8(25)20(36-19)35-18-7(24)2-6(23)16(30)13(18)22/h6-21,27-31H,2-5,23-26H2,1H3/t6-,7?,8?,9?,10+,11?,12-,13?,14+,15?,16?,17?,18-,19?,20+,21?/m1/s1. The van der Waals surface area contributed by atoms with Gasteiger partial charge in [-0.1, -0.05) is 0 Å². The molecule has 0 aromatic rings. The largest absolute Gasteiger partial charge is 0.394 e. The van der Waals surface area contributed by atoms with Crippen molar-refractivity contribution < 1.29 is 48.5 Å². The minimum absolute atomic E-state index is 0.0473. The van der Waals surface area contributed by atoms with E-state index in [1.807, 2.05) is 0 Å². The van der Waals surface area contributed by atoms with Crippen molar-refractivity contribution in [1.29, 1.82) is 0 Å². The van der Waals surface area contributed by atoms with E-state index in [1.165, 1.54) is 0 Å². The molecule has 3 heterocycles. The molecular weight excluding hydrogens is 485 g/mol. The van der Waals surface area contributed by atoms with E-state index >= 15 is 0 Å². The van der Waals surface area contributed by atoms with E-state index in [-0.39, 0.29) is 19.3 Å². The Hall–Kier alpha value is -0.630. The number of hydrogen-bond donors (Lipinski definition) is 9. The summed E-state index contributed by atoms with van der Waals surface area (Å²) >= 11 is 0. The molecule has 0 spiro atoms. The number of likely N-dealkylation sites (N-methyl/N-ethyl adjacent to an activating group) is 1. The van der Waals surface area contributed by atoms with Crippen LogP contribution in [0, 0.1) is 0 Å². The van der Waals surface area contributed by atoms with Crippen LogP contribution < -0.4 is 28.3 Å². The number of ether oxygens (including phenoxy) is 5. The zero-order chi connectivity index (χ0) is 26.3. The molecule has 3 aliphatic heterocycles. The summed E-state index contributed by atoms with van der Waals surface area (Å²) in [6, 6.07) is -3.89. The molecule has 16 atom stereocenters. The summed E-state index contributed by atoms with van der Waals surface area (Å²) in [5.41, 5.74) is 23.9. The minimum atomic E-state index is -1.82. The Morgan fingerprint density at radius 2 is 1.61 bits per heavy atom. The molecule has 0 amide bonds. The van der Waals surface area contributed by atoms with Gasteiger partial charge >= 0.3 is 0 Å². The molecule has 1 saturated carbocycles. The van der Waals surface area contributed by atoms with Crippen LogP contribution in [0.15, 0.2) is 0 Å². The first-order valence-corrected chi connectivity index (χ1v) is 12.3. The molecule has 0 bridgehead atoms. The van der Waals surface area contributed by atoms with Gasteiger partial charge in [0.1, 0.15) is 30.5 Å². The number of aliphatic hydroxyl groups is 4. The van der Waals surface area contributed by atoms with E-state index in [4.69, 9.17) is 46.6 Å². The van der Waals surface area contributed by atoms with E-state index in [1.54, 1.807) is 7.05 Å². The van der Waals surface area contributed by atoms with E-state index in [0.29, 0.717) is 0 Å². The van der Waals surface area contributed by atoms with Crippen LogP contribution in [0.3, 0.4) is 0 Å². The van der Waals surface area contributed by atoms with Gasteiger partial charge in [0.2, 0.25) is 0 Å². The summed E-state index contributed by atoms with van der Waals surface area (Å²) in [6.07, 6.45) is -11.6. The number of aliphatic hydroxyl groups excluding tert-OH is 4. The molecule has 4 fully saturated rings. The van der Waals surface area contributed by atoms with Crippen molar-refractivity contribution in [1.82, 2.24) is 5.32 Å². The topological polar surface area (TPSA) is 243 Å². The summed E-state index contributed by atoms with van der Waals surface area (Å²) in [4.78, 5) is 0. The Morgan fingerprint density at radius 1 is 0.889 bits per heavy atom. The average Bonchev–Trinajstić information content (AvgIpc) is 2.83. The molecule has 10 unspecified atom stereocenters. The summed E-state index contributed by atoms with van der Waals surface area (Å²) < 4.78 is 44.1. The fourth-order valence-corrected chi connectivity index (χ4v) is 5.40. The zero-order valence-corrected chi connectivity index (χ0v) is 20.1. The lowest BCUT2D eigenvalue weighted by Crippen LogP contribution is -2.69. The van der Waals surface area contributed by atoms with Gasteiger partial charge in [-0.3, -0.25) is 0 Å². The first-order chi connectivity index (χ1) is 17.0. The van der Waals surface area contributed by atoms with Crippen molar-refractivity contribution in [3.63, 3.8) is 0 Å². The summed E-state index contributed by atoms with van der Waals surface area (Å²) in [5.74, 6) is 0. The molecule has 0 aromatic carbocycles. The molecule has 4 aliphatic rings. The summed E-state index contributed by atoms with van der Waals surface area (Å²) in [6.45, 7) is -0.399. The highest BCUT2D eigenvalue weighted by Gasteiger charge is 2.53. The highest BCUT2D eigenvalue weighted by molar-refractivity contribution is 5.01. The molecule has 3 saturated heterocycles. The number of nitrogens with one attached hydrogen (secondary N) is 1. The van der Waals surface area contributed by atoms with Gasteiger partial charge in [0.05, 0.1) is 36.9 Å². The third kappa shape index (κ3) is 5.55. The van der Waals surface area contributed by atoms with E-state index < -0.39 is 105 Å². The molecule has 15 heteroatoms. The summed E-state index contributed by atoms with van der Waals surface area (Å²) in [5, 5.41) is 43.7. The van der Waals surface area contributed by atoms with E-state index in [9.17, 15) is 24.8 Å². The van der Waals surface area contributed by atoms with Crippen LogP contribution in [0.1, 0.15) is 19.3 Å². The maximum atomic E-state index is 14.7. The third-order valence-electron chi connectivity index (χ3n) is 7.59. The van der Waals surface area contributed by atoms with Gasteiger partial charge in [-0.25, -0.2) is 4.39 Å². The highest BCUT2D eigenvalue weighted by Crippen LogP contribution is 2.35. The van der Waals surface area contributed by atoms with E-state index in [0.717, 1.165) is 0 Å². The van der Waals surface area contributed by atoms with Crippen LogP contribution in [0.4, 0.5) is 4.39 Å². The van der Waals surface area contributed by atoms with Crippen molar-refractivity contribution in [2.45, 2.75) is 117 Å². The molecule has 1 aliphatic carbocycles. The Balaban J connectivity index is 1.41. The molecule has 210 valence electrons. The lowest BCUT2D eigenvalue weighted by molar-refractivity contribution is -0.360. The molecule has 0 aromatic heterocycles. The quantitative estimate of drug-likeness (QED) is 0.158. The SMILES string of the molecule is CNC1C(O[C@@H]2CC(O)[C@H](N)C(CO)O2)O[C@H]2CC(N)[C@@H](O[C@@H]3C(N)C[C@@H](N)C(O)C3F)OC2C1O. The smallest absolute Gasteiger partial charge is 0.179 e. The second-order valence-electron chi connectivity index (χ2n) is 10.1. The fourth-order valence-electron chi connectivity index (χ4n) is 5.40. The van der Waals surface area contributed by atoms with Crippen LogP contribution in [0.5, 0.6) is 0 Å². The first-order valence-electron chi connectivity index (χ1n) is 12.3. The molecule has 13 N–H and O–H groups in total. The molecule has 0 radical (unpaired) electrons. The van der Waals surface area contributed by atoms with Crippen LogP contribution >= 0.6 is 0 Å². The second-order valence-corrected chi connectivity index (χ2v) is 10.1. The predicted octanol–water partition coefficient (Wildman–Crippen LogP) is -4.94. The molecule has 14 nitrogen and oxygen atoms in total. The highest BCUT2D eigenvalue weighted by atomic mass is 19.1. The molecule has 36 heavy (non-hydrogen) atoms. The van der Waals surface area contributed by atoms with Crippen LogP contribution in [-0.2, 0) is 23.7 Å². The van der Waals surface area contributed by atoms with Gasteiger partial charge in [0.15, 0.2) is 25.0 Å². The minimum Gasteiger partial charge on any atom is -0.394 e. The van der Waals surface area contributed by atoms with Gasteiger partial charge in [-0.2, -0.15) is 0 Å². The Kier molecular flexibility index (Phi) is 9.17. The molecular formula is C21H40FN5O9. The maximum absolute atomic E-state index is 14.7. The Bertz CT molecular complexity index is 731. The number of rotatable bonds is 6. The van der Waals surface area contributed by atoms with Gasteiger partial charge in [-0.05, 0) is 19.9 Å². The maximum Gasteiger partial charge on any atom is 0.179 e. The van der Waals surface area contributed by atoms with Gasteiger partial charge in [0, 0.05) is 18.5 Å². The van der Waals surface area contributed by atoms with Gasteiger partial charge < -0.3 is 72.4 Å². The van der Waals surface area contributed by atoms with Crippen LogP contribution in [0.2, 0.25) is 0 Å². The number of alkyl halides is 1. The zero-order valence-electron chi connectivity index (χ0n) is 20.1. The Morgan fingerprint density at radius 3 is 2.28 bits per heavy atom. The van der Waals surface area contributed by atoms with Gasteiger partial charge in [-0.15, -0.1) is 0 Å². The van der Waals surface area contributed by atoms with E-state index in [2.05, 4.69) is 5.32 Å². The summed E-state index contributed by atoms with van der Waals surface area (Å²) in [7, 11) is 1.60. The van der Waals surface area contributed by atoms with Crippen LogP contribution in [-0.4, -0.2) is 132 Å². The van der Waals surface area contributed by atoms with Crippen LogP contribution in [0.25, 0.3) is 0 Å². The van der Waals surface area contributed by atoms with Crippen molar-refractivity contribution in [3.8, 4) is 0 Å². The number of nitrogens with two attached hydrogens (primary N) is 4. The number of hydrogen-bond acceptors (Lipinski definition) is 14. The lowest BCUT2D eigenvalue weighted by atomic mass is 9.85. The lowest BCUT2D eigenvalue weighted by Gasteiger charge is -2.51. The molecule has 4 rings (SSSR count). The first kappa shape index (κ1) is 28.4. The van der Waals surface area contributed by atoms with Crippen molar-refractivity contribution >= 4 is 0 Å². The second kappa shape index (κ2) is 11.6. The normalized spacial score (nSPS) is 54.2. The Labute approximate surface area is 208 Å². The number of fused-ring (bicyclic) bond motifs is 1. The fraction of sp³-hybridized carbons (Fsp3) is 1.00. The average molecular weight is 526 g/mol. The van der Waals surface area contributed by atoms with Crippen molar-refractivity contribution in [3.05, 3.63) is 0 Å². The third-order valence-corrected chi connectivity index (χ3v) is 7.59. The van der Waals surface area contributed by atoms with Crippen molar-refractivity contribution in [2.75, 3.05) is 13.7 Å². The monoisotopic (exact) mass is 525 g/mol. The number of halogens is 1.